The molecule has 0 spiro atoms. The molecule has 0 aliphatic heterocycles. The Bertz CT molecular complexity index is 1050. The van der Waals surface area contributed by atoms with Crippen molar-refractivity contribution >= 4 is 39.2 Å². The second kappa shape index (κ2) is 9.92. The number of anilines is 1. The van der Waals surface area contributed by atoms with Crippen molar-refractivity contribution in [2.75, 3.05) is 33.6 Å². The monoisotopic (exact) mass is 454 g/mol. The highest BCUT2D eigenvalue weighted by atomic mass is 35.5. The first-order valence-electron chi connectivity index (χ1n) is 8.87. The summed E-state index contributed by atoms with van der Waals surface area (Å²) in [5.74, 6) is -0.448. The Balaban J connectivity index is 2.15. The van der Waals surface area contributed by atoms with Gasteiger partial charge in [-0.25, -0.2) is 17.5 Å². The molecule has 1 amide bonds. The van der Waals surface area contributed by atoms with E-state index >= 15 is 0 Å². The number of nitrogens with one attached hydrogen (secondary N) is 1. The molecule has 2 rings (SSSR count). The van der Waals surface area contributed by atoms with Gasteiger partial charge in [0, 0.05) is 26.2 Å². The molecule has 0 unspecified atom stereocenters. The molecule has 0 aromatic heterocycles. The number of rotatable bonds is 8. The molecule has 0 aliphatic rings. The lowest BCUT2D eigenvalue weighted by atomic mass is 10.1. The third-order valence-electron chi connectivity index (χ3n) is 4.31. The molecule has 0 saturated carbocycles. The van der Waals surface area contributed by atoms with E-state index in [0.717, 1.165) is 4.31 Å². The number of hydrogen-bond donors (Lipinski definition) is 1. The molecule has 162 valence electrons. The Hall–Kier alpha value is -2.62. The van der Waals surface area contributed by atoms with Crippen LogP contribution in [0.15, 0.2) is 41.3 Å². The number of esters is 1. The second-order valence-electron chi connectivity index (χ2n) is 6.50. The van der Waals surface area contributed by atoms with Crippen LogP contribution in [0.5, 0.6) is 5.75 Å². The molecule has 0 fully saturated rings. The van der Waals surface area contributed by atoms with Crippen LogP contribution in [0.3, 0.4) is 0 Å². The van der Waals surface area contributed by atoms with Crippen molar-refractivity contribution in [3.8, 4) is 5.75 Å². The molecular weight excluding hydrogens is 432 g/mol. The first-order chi connectivity index (χ1) is 14.1. The van der Waals surface area contributed by atoms with E-state index in [1.165, 1.54) is 52.6 Å². The topological polar surface area (TPSA) is 102 Å². The van der Waals surface area contributed by atoms with Gasteiger partial charge in [-0.1, -0.05) is 11.6 Å². The Morgan fingerprint density at radius 2 is 1.80 bits per heavy atom. The maximum atomic E-state index is 12.4. The molecule has 8 nitrogen and oxygen atoms in total. The Kier molecular flexibility index (Phi) is 7.83. The lowest BCUT2D eigenvalue weighted by Gasteiger charge is -2.14. The van der Waals surface area contributed by atoms with Crippen molar-refractivity contribution in [1.29, 1.82) is 0 Å². The molecule has 0 aliphatic carbocycles. The highest BCUT2D eigenvalue weighted by molar-refractivity contribution is 7.89. The van der Waals surface area contributed by atoms with Gasteiger partial charge < -0.3 is 14.8 Å². The van der Waals surface area contributed by atoms with Crippen LogP contribution >= 0.6 is 11.6 Å². The minimum Gasteiger partial charge on any atom is -0.496 e. The van der Waals surface area contributed by atoms with Crippen LogP contribution in [-0.4, -0.2) is 52.9 Å². The summed E-state index contributed by atoms with van der Waals surface area (Å²) in [6.07, 6.45) is 0.321. The van der Waals surface area contributed by atoms with E-state index in [-0.39, 0.29) is 34.2 Å². The van der Waals surface area contributed by atoms with Gasteiger partial charge in [0.05, 0.1) is 29.7 Å². The van der Waals surface area contributed by atoms with Gasteiger partial charge in [0.1, 0.15) is 5.75 Å². The fourth-order valence-electron chi connectivity index (χ4n) is 2.66. The van der Waals surface area contributed by atoms with Gasteiger partial charge in [0.2, 0.25) is 15.9 Å². The molecule has 10 heteroatoms. The number of amides is 1. The quantitative estimate of drug-likeness (QED) is 0.615. The third-order valence-corrected chi connectivity index (χ3v) is 6.45. The predicted octanol–water partition coefficient (Wildman–Crippen LogP) is 2.96. The highest BCUT2D eigenvalue weighted by Crippen LogP contribution is 2.26. The number of nitrogens with zero attached hydrogens (tertiary/aromatic N) is 1. The summed E-state index contributed by atoms with van der Waals surface area (Å²) in [6, 6.07) is 9.00. The first kappa shape index (κ1) is 23.7. The van der Waals surface area contributed by atoms with Gasteiger partial charge >= 0.3 is 5.97 Å². The summed E-state index contributed by atoms with van der Waals surface area (Å²) in [6.45, 7) is 0. The van der Waals surface area contributed by atoms with Crippen LogP contribution in [0.2, 0.25) is 5.02 Å². The zero-order chi connectivity index (χ0) is 22.5. The first-order valence-corrected chi connectivity index (χ1v) is 10.7. The van der Waals surface area contributed by atoms with Crippen molar-refractivity contribution in [2.24, 2.45) is 0 Å². The summed E-state index contributed by atoms with van der Waals surface area (Å²) < 4.78 is 35.8. The van der Waals surface area contributed by atoms with Crippen LogP contribution in [-0.2, 0) is 26.0 Å². The number of methoxy groups -OCH3 is 2. The second-order valence-corrected chi connectivity index (χ2v) is 9.05. The minimum atomic E-state index is -3.61. The molecule has 0 bridgehead atoms. The van der Waals surface area contributed by atoms with E-state index in [0.29, 0.717) is 17.0 Å². The Labute approximate surface area is 180 Å². The fourth-order valence-corrected chi connectivity index (χ4v) is 3.81. The standard InChI is InChI=1S/C20H23ClN2O6S/c1-23(2)30(26,27)15-7-9-18(28-3)13(11-15)5-10-19(24)22-14-6-8-17(21)16(12-14)20(25)29-4/h6-9,11-12H,5,10H2,1-4H3,(H,22,24). The SMILES string of the molecule is COC(=O)c1cc(NC(=O)CCc2cc(S(=O)(=O)N(C)C)ccc2OC)ccc1Cl. The minimum absolute atomic E-state index is 0.0675. The predicted molar refractivity (Wildman–Crippen MR) is 114 cm³/mol. The summed E-state index contributed by atoms with van der Waals surface area (Å²) in [7, 11) is 1.99. The Morgan fingerprint density at radius 1 is 1.10 bits per heavy atom. The van der Waals surface area contributed by atoms with Crippen molar-refractivity contribution in [3.63, 3.8) is 0 Å². The van der Waals surface area contributed by atoms with E-state index in [9.17, 15) is 18.0 Å². The number of halogens is 1. The van der Waals surface area contributed by atoms with Crippen molar-refractivity contribution in [3.05, 3.63) is 52.5 Å². The van der Waals surface area contributed by atoms with E-state index in [2.05, 4.69) is 10.1 Å². The van der Waals surface area contributed by atoms with Gasteiger partial charge in [-0.2, -0.15) is 0 Å². The number of carbonyl (C=O) groups excluding carboxylic acids is 2. The summed E-state index contributed by atoms with van der Waals surface area (Å²) in [5.41, 5.74) is 1.11. The number of benzene rings is 2. The molecule has 2 aromatic rings. The van der Waals surface area contributed by atoms with E-state index in [1.54, 1.807) is 12.1 Å². The van der Waals surface area contributed by atoms with E-state index in [1.807, 2.05) is 0 Å². The van der Waals surface area contributed by atoms with Gasteiger partial charge in [-0.05, 0) is 48.4 Å². The van der Waals surface area contributed by atoms with Gasteiger partial charge in [-0.3, -0.25) is 4.79 Å². The normalized spacial score (nSPS) is 11.3. The lowest BCUT2D eigenvalue weighted by Crippen LogP contribution is -2.22. The van der Waals surface area contributed by atoms with Crippen LogP contribution in [0.25, 0.3) is 0 Å². The zero-order valence-corrected chi connectivity index (χ0v) is 18.6. The van der Waals surface area contributed by atoms with E-state index in [4.69, 9.17) is 16.3 Å². The molecule has 0 radical (unpaired) electrons. The molecule has 0 saturated heterocycles. The highest BCUT2D eigenvalue weighted by Gasteiger charge is 2.19. The van der Waals surface area contributed by atoms with E-state index < -0.39 is 16.0 Å². The number of sulfonamides is 1. The van der Waals surface area contributed by atoms with Crippen molar-refractivity contribution in [2.45, 2.75) is 17.7 Å². The molecule has 1 N–H and O–H groups in total. The maximum absolute atomic E-state index is 12.4. The van der Waals surface area contributed by atoms with Crippen LogP contribution < -0.4 is 10.1 Å². The molecule has 2 aromatic carbocycles. The number of ether oxygens (including phenoxy) is 2. The Morgan fingerprint density at radius 3 is 2.40 bits per heavy atom. The van der Waals surface area contributed by atoms with Crippen LogP contribution in [0, 0.1) is 0 Å². The van der Waals surface area contributed by atoms with Gasteiger partial charge in [0.15, 0.2) is 0 Å². The van der Waals surface area contributed by atoms with Crippen molar-refractivity contribution < 1.29 is 27.5 Å². The van der Waals surface area contributed by atoms with Crippen LogP contribution in [0.1, 0.15) is 22.3 Å². The van der Waals surface area contributed by atoms with Gasteiger partial charge in [-0.15, -0.1) is 0 Å². The fraction of sp³-hybridized carbons (Fsp3) is 0.300. The molecule has 30 heavy (non-hydrogen) atoms. The molecule has 0 heterocycles. The largest absolute Gasteiger partial charge is 0.496 e. The average Bonchev–Trinajstić information content (AvgIpc) is 2.72. The molecule has 0 atom stereocenters. The maximum Gasteiger partial charge on any atom is 0.339 e. The number of carbonyl (C=O) groups is 2. The summed E-state index contributed by atoms with van der Waals surface area (Å²) >= 11 is 5.97. The zero-order valence-electron chi connectivity index (χ0n) is 17.1. The number of hydrogen-bond acceptors (Lipinski definition) is 6. The molecular formula is C20H23ClN2O6S. The van der Waals surface area contributed by atoms with Gasteiger partial charge in [0.25, 0.3) is 0 Å². The third kappa shape index (κ3) is 5.50. The number of aryl methyl sites for hydroxylation is 1. The average molecular weight is 455 g/mol. The summed E-state index contributed by atoms with van der Waals surface area (Å²) in [5, 5.41) is 2.90. The van der Waals surface area contributed by atoms with Crippen molar-refractivity contribution in [1.82, 2.24) is 4.31 Å². The smallest absolute Gasteiger partial charge is 0.339 e. The van der Waals surface area contributed by atoms with Crippen LogP contribution in [0.4, 0.5) is 5.69 Å². The summed E-state index contributed by atoms with van der Waals surface area (Å²) in [4.78, 5) is 24.2. The lowest BCUT2D eigenvalue weighted by molar-refractivity contribution is -0.116.